The fourth-order valence-corrected chi connectivity index (χ4v) is 2.49. The highest BCUT2D eigenvalue weighted by molar-refractivity contribution is 5.95. The molecule has 0 spiro atoms. The number of rotatable bonds is 6. The zero-order valence-electron chi connectivity index (χ0n) is 13.4. The largest absolute Gasteiger partial charge is 0.496 e. The molecule has 2 nitrogen and oxygen atoms in total. The molecule has 112 valence electrons. The fourth-order valence-electron chi connectivity index (χ4n) is 2.49. The van der Waals surface area contributed by atoms with Crippen molar-refractivity contribution in [1.82, 2.24) is 5.32 Å². The molecular formula is C19H25NO. The predicted octanol–water partition coefficient (Wildman–Crippen LogP) is 4.50. The maximum Gasteiger partial charge on any atom is 0.126 e. The third kappa shape index (κ3) is 3.64. The van der Waals surface area contributed by atoms with Crippen LogP contribution in [0.1, 0.15) is 26.3 Å². The lowest BCUT2D eigenvalue weighted by Crippen LogP contribution is -2.18. The molecule has 21 heavy (non-hydrogen) atoms. The molecule has 0 saturated carbocycles. The summed E-state index contributed by atoms with van der Waals surface area (Å²) >= 11 is 0. The van der Waals surface area contributed by atoms with Gasteiger partial charge in [-0.15, -0.1) is 0 Å². The summed E-state index contributed by atoms with van der Waals surface area (Å²) in [6, 6.07) is 12.6. The van der Waals surface area contributed by atoms with Gasteiger partial charge in [-0.25, -0.2) is 0 Å². The minimum atomic E-state index is 0.532. The van der Waals surface area contributed by atoms with Crippen LogP contribution in [0.15, 0.2) is 42.0 Å². The quantitative estimate of drug-likeness (QED) is 0.843. The van der Waals surface area contributed by atoms with Crippen LogP contribution in [-0.2, 0) is 0 Å². The predicted molar refractivity (Wildman–Crippen MR) is 91.9 cm³/mol. The van der Waals surface area contributed by atoms with Crippen LogP contribution in [0.4, 0.5) is 0 Å². The molecule has 0 bridgehead atoms. The van der Waals surface area contributed by atoms with Gasteiger partial charge in [0.15, 0.2) is 0 Å². The average Bonchev–Trinajstić information content (AvgIpc) is 2.51. The summed E-state index contributed by atoms with van der Waals surface area (Å²) in [5.41, 5.74) is 2.68. The first-order valence-electron chi connectivity index (χ1n) is 7.64. The van der Waals surface area contributed by atoms with Gasteiger partial charge in [0.1, 0.15) is 5.75 Å². The number of nitrogens with one attached hydrogen (secondary N) is 1. The van der Waals surface area contributed by atoms with Gasteiger partial charge < -0.3 is 10.1 Å². The normalized spacial score (nSPS) is 12.1. The lowest BCUT2D eigenvalue weighted by Gasteiger charge is -2.14. The topological polar surface area (TPSA) is 21.3 Å². The molecule has 0 unspecified atom stereocenters. The van der Waals surface area contributed by atoms with Crippen molar-refractivity contribution in [3.8, 4) is 5.75 Å². The number of hydrogen-bond donors (Lipinski definition) is 1. The lowest BCUT2D eigenvalue weighted by atomic mass is 9.97. The van der Waals surface area contributed by atoms with Crippen molar-refractivity contribution in [2.45, 2.75) is 20.8 Å². The summed E-state index contributed by atoms with van der Waals surface area (Å²) in [4.78, 5) is 0. The van der Waals surface area contributed by atoms with Crippen LogP contribution >= 0.6 is 0 Å². The molecule has 2 rings (SSSR count). The summed E-state index contributed by atoms with van der Waals surface area (Å²) in [6.07, 6.45) is 2.31. The molecule has 0 radical (unpaired) electrons. The molecule has 0 aliphatic carbocycles. The fraction of sp³-hybridized carbons (Fsp3) is 0.368. The molecule has 2 heteroatoms. The minimum Gasteiger partial charge on any atom is -0.496 e. The van der Waals surface area contributed by atoms with Crippen molar-refractivity contribution in [3.05, 3.63) is 47.5 Å². The van der Waals surface area contributed by atoms with Crippen molar-refractivity contribution in [2.24, 2.45) is 5.92 Å². The maximum absolute atomic E-state index is 5.47. The third-order valence-electron chi connectivity index (χ3n) is 3.80. The molecule has 0 atom stereocenters. The number of methoxy groups -OCH3 is 1. The first-order chi connectivity index (χ1) is 10.2. The Bertz CT molecular complexity index is 628. The van der Waals surface area contributed by atoms with Crippen LogP contribution in [-0.4, -0.2) is 20.2 Å². The standard InChI is InChI=1S/C19H25NO/c1-5-20-13-16(14(2)3)12-15-10-11-19(21-4)18-9-7-6-8-17(15)18/h6-12,14,20H,5,13H2,1-4H3/b16-12-. The number of fused-ring (bicyclic) bond motifs is 1. The van der Waals surface area contributed by atoms with Crippen molar-refractivity contribution in [2.75, 3.05) is 20.2 Å². The maximum atomic E-state index is 5.47. The van der Waals surface area contributed by atoms with Crippen LogP contribution in [0.3, 0.4) is 0 Å². The summed E-state index contributed by atoms with van der Waals surface area (Å²) in [7, 11) is 1.72. The van der Waals surface area contributed by atoms with E-state index in [1.54, 1.807) is 7.11 Å². The van der Waals surface area contributed by atoms with E-state index < -0.39 is 0 Å². The van der Waals surface area contributed by atoms with E-state index in [9.17, 15) is 0 Å². The second-order valence-corrected chi connectivity index (χ2v) is 5.56. The smallest absolute Gasteiger partial charge is 0.126 e. The highest BCUT2D eigenvalue weighted by atomic mass is 16.5. The van der Waals surface area contributed by atoms with E-state index in [4.69, 9.17) is 4.74 Å². The van der Waals surface area contributed by atoms with Gasteiger partial charge in [-0.1, -0.05) is 62.8 Å². The molecule has 0 aromatic heterocycles. The van der Waals surface area contributed by atoms with E-state index in [0.29, 0.717) is 5.92 Å². The molecule has 0 amide bonds. The number of ether oxygens (including phenoxy) is 1. The molecule has 0 saturated heterocycles. The molecule has 0 aliphatic rings. The Morgan fingerprint density at radius 2 is 1.86 bits per heavy atom. The Hall–Kier alpha value is -1.80. The summed E-state index contributed by atoms with van der Waals surface area (Å²) in [5.74, 6) is 1.46. The van der Waals surface area contributed by atoms with Gasteiger partial charge in [0, 0.05) is 11.9 Å². The SMILES string of the molecule is CCNC/C(=C/c1ccc(OC)c2ccccc12)C(C)C. The molecular weight excluding hydrogens is 258 g/mol. The van der Waals surface area contributed by atoms with Crippen LogP contribution in [0.2, 0.25) is 0 Å². The average molecular weight is 283 g/mol. The van der Waals surface area contributed by atoms with Crippen molar-refractivity contribution in [3.63, 3.8) is 0 Å². The molecule has 0 fully saturated rings. The Morgan fingerprint density at radius 3 is 2.48 bits per heavy atom. The Kier molecular flexibility index (Phi) is 5.40. The highest BCUT2D eigenvalue weighted by Crippen LogP contribution is 2.30. The Labute approximate surface area is 127 Å². The molecule has 2 aromatic carbocycles. The molecule has 1 N–H and O–H groups in total. The second-order valence-electron chi connectivity index (χ2n) is 5.56. The van der Waals surface area contributed by atoms with Crippen molar-refractivity contribution in [1.29, 1.82) is 0 Å². The van der Waals surface area contributed by atoms with Crippen LogP contribution in [0.5, 0.6) is 5.75 Å². The minimum absolute atomic E-state index is 0.532. The number of benzene rings is 2. The van der Waals surface area contributed by atoms with E-state index in [-0.39, 0.29) is 0 Å². The van der Waals surface area contributed by atoms with Gasteiger partial charge >= 0.3 is 0 Å². The van der Waals surface area contributed by atoms with Crippen LogP contribution in [0, 0.1) is 5.92 Å². The summed E-state index contributed by atoms with van der Waals surface area (Å²) in [6.45, 7) is 8.56. The molecule has 0 heterocycles. The van der Waals surface area contributed by atoms with Gasteiger partial charge in [0.2, 0.25) is 0 Å². The summed E-state index contributed by atoms with van der Waals surface area (Å²) < 4.78 is 5.47. The first-order valence-corrected chi connectivity index (χ1v) is 7.64. The third-order valence-corrected chi connectivity index (χ3v) is 3.80. The molecule has 0 aliphatic heterocycles. The van der Waals surface area contributed by atoms with Crippen LogP contribution in [0.25, 0.3) is 16.8 Å². The van der Waals surface area contributed by atoms with Gasteiger partial charge in [0.25, 0.3) is 0 Å². The van der Waals surface area contributed by atoms with E-state index in [0.717, 1.165) is 18.8 Å². The zero-order chi connectivity index (χ0) is 15.2. The van der Waals surface area contributed by atoms with Gasteiger partial charge in [-0.2, -0.15) is 0 Å². The summed E-state index contributed by atoms with van der Waals surface area (Å²) in [5, 5.41) is 5.84. The van der Waals surface area contributed by atoms with Gasteiger partial charge in [-0.3, -0.25) is 0 Å². The lowest BCUT2D eigenvalue weighted by molar-refractivity contribution is 0.420. The highest BCUT2D eigenvalue weighted by Gasteiger charge is 2.07. The monoisotopic (exact) mass is 283 g/mol. The van der Waals surface area contributed by atoms with E-state index in [1.165, 1.54) is 21.9 Å². The molecule has 2 aromatic rings. The second kappa shape index (κ2) is 7.28. The number of hydrogen-bond acceptors (Lipinski definition) is 2. The van der Waals surface area contributed by atoms with E-state index in [1.807, 2.05) is 0 Å². The van der Waals surface area contributed by atoms with Crippen molar-refractivity contribution >= 4 is 16.8 Å². The van der Waals surface area contributed by atoms with E-state index in [2.05, 4.69) is 68.6 Å². The Morgan fingerprint density at radius 1 is 1.14 bits per heavy atom. The zero-order valence-corrected chi connectivity index (χ0v) is 13.4. The van der Waals surface area contributed by atoms with Crippen molar-refractivity contribution < 1.29 is 4.74 Å². The van der Waals surface area contributed by atoms with Gasteiger partial charge in [-0.05, 0) is 29.5 Å². The van der Waals surface area contributed by atoms with E-state index >= 15 is 0 Å². The van der Waals surface area contributed by atoms with Crippen LogP contribution < -0.4 is 10.1 Å². The number of likely N-dealkylation sites (N-methyl/N-ethyl adjacent to an activating group) is 1. The first kappa shape index (κ1) is 15.6. The Balaban J connectivity index is 2.50. The van der Waals surface area contributed by atoms with Gasteiger partial charge in [0.05, 0.1) is 7.11 Å².